The van der Waals surface area contributed by atoms with Crippen molar-refractivity contribution in [3.63, 3.8) is 0 Å². The number of oxime groups is 1. The largest absolute Gasteiger partial charge is 0.411 e. The van der Waals surface area contributed by atoms with Gasteiger partial charge in [0.1, 0.15) is 11.5 Å². The van der Waals surface area contributed by atoms with E-state index in [0.717, 1.165) is 58.2 Å². The molecule has 148 valence electrons. The van der Waals surface area contributed by atoms with E-state index in [1.165, 1.54) is 0 Å². The molecule has 4 aromatic rings. The van der Waals surface area contributed by atoms with Gasteiger partial charge in [0.25, 0.3) is 0 Å². The lowest BCUT2D eigenvalue weighted by molar-refractivity contribution is 0.318. The number of aryl methyl sites for hydroxylation is 2. The maximum atomic E-state index is 9.17. The molecule has 0 fully saturated rings. The van der Waals surface area contributed by atoms with Crippen LogP contribution >= 0.6 is 0 Å². The highest BCUT2D eigenvalue weighted by Gasteiger charge is 2.20. The van der Waals surface area contributed by atoms with Gasteiger partial charge in [-0.3, -0.25) is 9.38 Å². The summed E-state index contributed by atoms with van der Waals surface area (Å²) >= 11 is 0. The Hall–Kier alpha value is -4.12. The van der Waals surface area contributed by atoms with E-state index in [1.54, 1.807) is 12.4 Å². The first-order valence-corrected chi connectivity index (χ1v) is 9.74. The molecular formula is C22H19N7O. The first kappa shape index (κ1) is 17.9. The van der Waals surface area contributed by atoms with Gasteiger partial charge in [0.05, 0.1) is 30.1 Å². The van der Waals surface area contributed by atoms with Gasteiger partial charge in [-0.1, -0.05) is 11.2 Å². The molecule has 0 saturated heterocycles. The predicted molar refractivity (Wildman–Crippen MR) is 113 cm³/mol. The van der Waals surface area contributed by atoms with Crippen LogP contribution in [0, 0.1) is 11.3 Å². The Balaban J connectivity index is 1.59. The van der Waals surface area contributed by atoms with Crippen molar-refractivity contribution in [3.8, 4) is 17.5 Å². The summed E-state index contributed by atoms with van der Waals surface area (Å²) in [5.74, 6) is 0.832. The van der Waals surface area contributed by atoms with Gasteiger partial charge < -0.3 is 15.1 Å². The fourth-order valence-electron chi connectivity index (χ4n) is 3.99. The van der Waals surface area contributed by atoms with E-state index in [9.17, 15) is 0 Å². The van der Waals surface area contributed by atoms with Crippen LogP contribution in [0.2, 0.25) is 0 Å². The lowest BCUT2D eigenvalue weighted by atomic mass is 10.1. The van der Waals surface area contributed by atoms with E-state index >= 15 is 0 Å². The predicted octanol–water partition coefficient (Wildman–Crippen LogP) is 3.98. The van der Waals surface area contributed by atoms with E-state index < -0.39 is 0 Å². The second-order valence-electron chi connectivity index (χ2n) is 7.15. The van der Waals surface area contributed by atoms with Crippen molar-refractivity contribution < 1.29 is 5.21 Å². The van der Waals surface area contributed by atoms with E-state index in [2.05, 4.69) is 27.6 Å². The number of rotatable bonds is 5. The first-order valence-electron chi connectivity index (χ1n) is 9.74. The van der Waals surface area contributed by atoms with Crippen molar-refractivity contribution in [1.82, 2.24) is 18.9 Å². The van der Waals surface area contributed by atoms with Crippen LogP contribution in [0.25, 0.3) is 17.0 Å². The standard InChI is InChI=1S/C22H19N7O/c23-8-2-11-28-10-1-3-19(28)21-22(29-12-9-24-14-20(29)26-21)25-16-5-6-17-15(13-16)4-7-18(17)27-30/h1,3,5-6,9-10,12-14,25,30H,2,4,7,11H2/b27-18-. The SMILES string of the molecule is N#CCCn1cccc1-c1nc2cnccn2c1Nc1ccc2c(c1)CC/C2=N/O. The number of fused-ring (bicyclic) bond motifs is 2. The quantitative estimate of drug-likeness (QED) is 0.392. The molecule has 0 spiro atoms. The fourth-order valence-corrected chi connectivity index (χ4v) is 3.99. The Labute approximate surface area is 172 Å². The van der Waals surface area contributed by atoms with E-state index in [0.29, 0.717) is 13.0 Å². The molecule has 2 N–H and O–H groups in total. The summed E-state index contributed by atoms with van der Waals surface area (Å²) in [6.07, 6.45) is 9.32. The number of nitrogens with one attached hydrogen (secondary N) is 1. The summed E-state index contributed by atoms with van der Waals surface area (Å²) in [5.41, 5.74) is 6.28. The Kier molecular flexibility index (Phi) is 4.41. The molecule has 3 heterocycles. The summed E-state index contributed by atoms with van der Waals surface area (Å²) in [6.45, 7) is 0.604. The molecule has 8 nitrogen and oxygen atoms in total. The molecule has 0 bridgehead atoms. The number of nitrogens with zero attached hydrogens (tertiary/aromatic N) is 6. The fraction of sp³-hybridized carbons (Fsp3) is 0.182. The Morgan fingerprint density at radius 2 is 2.17 bits per heavy atom. The summed E-state index contributed by atoms with van der Waals surface area (Å²) in [6, 6.07) is 12.2. The Morgan fingerprint density at radius 1 is 1.23 bits per heavy atom. The number of aromatic nitrogens is 4. The topological polar surface area (TPSA) is 104 Å². The lowest BCUT2D eigenvalue weighted by Gasteiger charge is -2.12. The molecule has 0 amide bonds. The van der Waals surface area contributed by atoms with Crippen molar-refractivity contribution in [1.29, 1.82) is 5.26 Å². The van der Waals surface area contributed by atoms with Crippen LogP contribution in [0.4, 0.5) is 11.5 Å². The normalized spacial score (nSPS) is 14.2. The maximum Gasteiger partial charge on any atom is 0.157 e. The first-order chi connectivity index (χ1) is 14.8. The van der Waals surface area contributed by atoms with Crippen LogP contribution in [0.5, 0.6) is 0 Å². The smallest absolute Gasteiger partial charge is 0.157 e. The third kappa shape index (κ3) is 2.97. The molecule has 3 aromatic heterocycles. The second-order valence-corrected chi connectivity index (χ2v) is 7.15. The van der Waals surface area contributed by atoms with Crippen molar-refractivity contribution in [2.75, 3.05) is 5.32 Å². The van der Waals surface area contributed by atoms with Crippen LogP contribution in [0.15, 0.2) is 60.3 Å². The maximum absolute atomic E-state index is 9.17. The third-order valence-electron chi connectivity index (χ3n) is 5.40. The zero-order chi connectivity index (χ0) is 20.5. The van der Waals surface area contributed by atoms with Gasteiger partial charge in [-0.2, -0.15) is 5.26 Å². The minimum absolute atomic E-state index is 0.429. The highest BCUT2D eigenvalue weighted by Crippen LogP contribution is 2.33. The van der Waals surface area contributed by atoms with Crippen LogP contribution in [-0.2, 0) is 13.0 Å². The highest BCUT2D eigenvalue weighted by atomic mass is 16.4. The lowest BCUT2D eigenvalue weighted by Crippen LogP contribution is -2.02. The van der Waals surface area contributed by atoms with Gasteiger partial charge in [-0.05, 0) is 42.7 Å². The van der Waals surface area contributed by atoms with Crippen molar-refractivity contribution in [3.05, 3.63) is 66.2 Å². The molecule has 0 saturated carbocycles. The van der Waals surface area contributed by atoms with Crippen molar-refractivity contribution >= 4 is 22.9 Å². The molecule has 1 aromatic carbocycles. The summed E-state index contributed by atoms with van der Waals surface area (Å²) in [7, 11) is 0. The monoisotopic (exact) mass is 397 g/mol. The number of hydrogen-bond donors (Lipinski definition) is 2. The average Bonchev–Trinajstić information content (AvgIpc) is 3.49. The van der Waals surface area contributed by atoms with Crippen molar-refractivity contribution in [2.45, 2.75) is 25.8 Å². The third-order valence-corrected chi connectivity index (χ3v) is 5.40. The number of imidazole rings is 1. The molecule has 1 aliphatic carbocycles. The van der Waals surface area contributed by atoms with Crippen LogP contribution in [0.3, 0.4) is 0 Å². The highest BCUT2D eigenvalue weighted by molar-refractivity contribution is 6.04. The minimum Gasteiger partial charge on any atom is -0.411 e. The molecule has 0 unspecified atom stereocenters. The summed E-state index contributed by atoms with van der Waals surface area (Å²) in [4.78, 5) is 8.99. The Morgan fingerprint density at radius 3 is 3.03 bits per heavy atom. The van der Waals surface area contributed by atoms with Crippen LogP contribution in [0.1, 0.15) is 24.0 Å². The molecule has 0 radical (unpaired) electrons. The number of nitriles is 1. The molecule has 0 atom stereocenters. The van der Waals surface area contributed by atoms with Gasteiger partial charge >= 0.3 is 0 Å². The van der Waals surface area contributed by atoms with E-state index in [1.807, 2.05) is 45.6 Å². The van der Waals surface area contributed by atoms with Gasteiger partial charge in [0.15, 0.2) is 5.65 Å². The van der Waals surface area contributed by atoms with Gasteiger partial charge in [0, 0.05) is 36.4 Å². The molecule has 0 aliphatic heterocycles. The van der Waals surface area contributed by atoms with E-state index in [4.69, 9.17) is 15.5 Å². The molecule has 1 aliphatic rings. The van der Waals surface area contributed by atoms with Gasteiger partial charge in [-0.25, -0.2) is 4.98 Å². The van der Waals surface area contributed by atoms with E-state index in [-0.39, 0.29) is 0 Å². The van der Waals surface area contributed by atoms with Crippen LogP contribution < -0.4 is 5.32 Å². The number of anilines is 2. The Bertz CT molecular complexity index is 1310. The number of hydrogen-bond acceptors (Lipinski definition) is 6. The molecule has 8 heteroatoms. The molecular weight excluding hydrogens is 378 g/mol. The average molecular weight is 397 g/mol. The molecule has 30 heavy (non-hydrogen) atoms. The van der Waals surface area contributed by atoms with Crippen molar-refractivity contribution in [2.24, 2.45) is 5.16 Å². The zero-order valence-corrected chi connectivity index (χ0v) is 16.2. The number of benzene rings is 1. The van der Waals surface area contributed by atoms with Gasteiger partial charge in [0.2, 0.25) is 0 Å². The summed E-state index contributed by atoms with van der Waals surface area (Å²) < 4.78 is 4.01. The van der Waals surface area contributed by atoms with Crippen LogP contribution in [-0.4, -0.2) is 29.9 Å². The van der Waals surface area contributed by atoms with Gasteiger partial charge in [-0.15, -0.1) is 0 Å². The zero-order valence-electron chi connectivity index (χ0n) is 16.2. The molecule has 5 rings (SSSR count). The minimum atomic E-state index is 0.429. The summed E-state index contributed by atoms with van der Waals surface area (Å²) in [5, 5.41) is 25.1. The second kappa shape index (κ2) is 7.37.